The number of benzene rings is 1. The number of para-hydroxylation sites is 1. The lowest BCUT2D eigenvalue weighted by atomic mass is 9.86. The Morgan fingerprint density at radius 3 is 2.40 bits per heavy atom. The van der Waals surface area contributed by atoms with Gasteiger partial charge in [-0.05, 0) is 24.0 Å². The molecule has 0 aliphatic carbocycles. The van der Waals surface area contributed by atoms with Crippen LogP contribution in [-0.4, -0.2) is 18.5 Å². The Balaban J connectivity index is 2.65. The third-order valence-corrected chi connectivity index (χ3v) is 2.87. The van der Waals surface area contributed by atoms with Crippen molar-refractivity contribution in [3.63, 3.8) is 0 Å². The van der Waals surface area contributed by atoms with Crippen molar-refractivity contribution in [1.29, 1.82) is 0 Å². The minimum atomic E-state index is -0.341. The van der Waals surface area contributed by atoms with E-state index in [-0.39, 0.29) is 30.1 Å². The molecule has 1 aromatic carbocycles. The van der Waals surface area contributed by atoms with E-state index in [1.54, 1.807) is 6.92 Å². The standard InChI is InChI=1S/C16H23NO3/c1-5-20-15(19)11-10-14(18)17-13-9-7-6-8-12(13)16(2,3)4/h6-9H,5,10-11H2,1-4H3,(H,17,18). The predicted octanol–water partition coefficient (Wildman–Crippen LogP) is 3.27. The molecule has 0 aliphatic rings. The lowest BCUT2D eigenvalue weighted by Crippen LogP contribution is -2.19. The molecule has 1 rings (SSSR count). The number of hydrogen-bond acceptors (Lipinski definition) is 3. The predicted molar refractivity (Wildman–Crippen MR) is 79.6 cm³/mol. The third-order valence-electron chi connectivity index (χ3n) is 2.87. The van der Waals surface area contributed by atoms with Crippen molar-refractivity contribution in [1.82, 2.24) is 0 Å². The van der Waals surface area contributed by atoms with Crippen molar-refractivity contribution in [2.24, 2.45) is 0 Å². The van der Waals surface area contributed by atoms with E-state index < -0.39 is 0 Å². The summed E-state index contributed by atoms with van der Waals surface area (Å²) < 4.78 is 4.80. The molecule has 0 saturated carbocycles. The zero-order valence-electron chi connectivity index (χ0n) is 12.7. The van der Waals surface area contributed by atoms with E-state index in [1.807, 2.05) is 24.3 Å². The van der Waals surface area contributed by atoms with Gasteiger partial charge in [-0.3, -0.25) is 9.59 Å². The molecule has 0 bridgehead atoms. The molecule has 0 fully saturated rings. The maximum atomic E-state index is 11.9. The molecule has 0 aliphatic heterocycles. The third kappa shape index (κ3) is 5.03. The van der Waals surface area contributed by atoms with E-state index in [2.05, 4.69) is 26.1 Å². The summed E-state index contributed by atoms with van der Waals surface area (Å²) in [6.07, 6.45) is 0.245. The van der Waals surface area contributed by atoms with Gasteiger partial charge in [0.15, 0.2) is 0 Å². The zero-order valence-corrected chi connectivity index (χ0v) is 12.7. The molecule has 110 valence electrons. The van der Waals surface area contributed by atoms with Gasteiger partial charge in [-0.15, -0.1) is 0 Å². The fourth-order valence-electron chi connectivity index (χ4n) is 1.91. The summed E-state index contributed by atoms with van der Waals surface area (Å²) in [5.74, 6) is -0.512. The Morgan fingerprint density at radius 2 is 1.80 bits per heavy atom. The largest absolute Gasteiger partial charge is 0.466 e. The number of carbonyl (C=O) groups excluding carboxylic acids is 2. The maximum Gasteiger partial charge on any atom is 0.306 e. The highest BCUT2D eigenvalue weighted by Crippen LogP contribution is 2.29. The number of anilines is 1. The van der Waals surface area contributed by atoms with Crippen LogP contribution in [0.25, 0.3) is 0 Å². The van der Waals surface area contributed by atoms with Crippen molar-refractivity contribution < 1.29 is 14.3 Å². The second-order valence-electron chi connectivity index (χ2n) is 5.65. The molecule has 1 aromatic rings. The van der Waals surface area contributed by atoms with E-state index >= 15 is 0 Å². The van der Waals surface area contributed by atoms with Gasteiger partial charge >= 0.3 is 5.97 Å². The Labute approximate surface area is 120 Å². The van der Waals surface area contributed by atoms with Crippen LogP contribution >= 0.6 is 0 Å². The van der Waals surface area contributed by atoms with Gasteiger partial charge in [0.2, 0.25) is 5.91 Å². The van der Waals surface area contributed by atoms with Crippen LogP contribution in [0.15, 0.2) is 24.3 Å². The minimum Gasteiger partial charge on any atom is -0.466 e. The Hall–Kier alpha value is -1.84. The van der Waals surface area contributed by atoms with Crippen LogP contribution in [0.3, 0.4) is 0 Å². The Bertz CT molecular complexity index is 475. The van der Waals surface area contributed by atoms with E-state index in [1.165, 1.54) is 0 Å². The number of nitrogens with one attached hydrogen (secondary N) is 1. The molecule has 0 unspecified atom stereocenters. The molecule has 4 heteroatoms. The average Bonchev–Trinajstić information content (AvgIpc) is 2.36. The molecule has 0 radical (unpaired) electrons. The summed E-state index contributed by atoms with van der Waals surface area (Å²) in [7, 11) is 0. The Morgan fingerprint density at radius 1 is 1.15 bits per heavy atom. The van der Waals surface area contributed by atoms with Gasteiger partial charge in [0.25, 0.3) is 0 Å². The summed E-state index contributed by atoms with van der Waals surface area (Å²) in [6.45, 7) is 8.37. The molecule has 20 heavy (non-hydrogen) atoms. The lowest BCUT2D eigenvalue weighted by Gasteiger charge is -2.23. The SMILES string of the molecule is CCOC(=O)CCC(=O)Nc1ccccc1C(C)(C)C. The molecule has 1 amide bonds. The van der Waals surface area contributed by atoms with Crippen LogP contribution in [-0.2, 0) is 19.7 Å². The number of hydrogen-bond donors (Lipinski definition) is 1. The van der Waals surface area contributed by atoms with E-state index in [0.29, 0.717) is 6.61 Å². The highest BCUT2D eigenvalue weighted by Gasteiger charge is 2.18. The van der Waals surface area contributed by atoms with Crippen molar-refractivity contribution in [2.45, 2.75) is 46.0 Å². The van der Waals surface area contributed by atoms with Crippen molar-refractivity contribution in [3.8, 4) is 0 Å². The summed E-state index contributed by atoms with van der Waals surface area (Å²) in [5, 5.41) is 2.87. The first kappa shape index (κ1) is 16.2. The molecular weight excluding hydrogens is 254 g/mol. The molecule has 1 N–H and O–H groups in total. The van der Waals surface area contributed by atoms with Crippen LogP contribution < -0.4 is 5.32 Å². The summed E-state index contributed by atoms with van der Waals surface area (Å²) in [6, 6.07) is 7.72. The first-order chi connectivity index (χ1) is 9.34. The fourth-order valence-corrected chi connectivity index (χ4v) is 1.91. The summed E-state index contributed by atoms with van der Waals surface area (Å²) in [4.78, 5) is 23.1. The summed E-state index contributed by atoms with van der Waals surface area (Å²) in [5.41, 5.74) is 1.82. The topological polar surface area (TPSA) is 55.4 Å². The van der Waals surface area contributed by atoms with Crippen molar-refractivity contribution >= 4 is 17.6 Å². The first-order valence-electron chi connectivity index (χ1n) is 6.89. The fraction of sp³-hybridized carbons (Fsp3) is 0.500. The van der Waals surface area contributed by atoms with Crippen LogP contribution in [0.5, 0.6) is 0 Å². The first-order valence-corrected chi connectivity index (χ1v) is 6.89. The highest BCUT2D eigenvalue weighted by atomic mass is 16.5. The maximum absolute atomic E-state index is 11.9. The van der Waals surface area contributed by atoms with E-state index in [4.69, 9.17) is 4.74 Å². The Kier molecular flexibility index (Phi) is 5.74. The number of amides is 1. The molecular formula is C16H23NO3. The molecule has 4 nitrogen and oxygen atoms in total. The van der Waals surface area contributed by atoms with Crippen LogP contribution in [0.1, 0.15) is 46.1 Å². The quantitative estimate of drug-likeness (QED) is 0.840. The average molecular weight is 277 g/mol. The van der Waals surface area contributed by atoms with Crippen LogP contribution in [0, 0.1) is 0 Å². The van der Waals surface area contributed by atoms with Crippen LogP contribution in [0.2, 0.25) is 0 Å². The van der Waals surface area contributed by atoms with E-state index in [0.717, 1.165) is 11.3 Å². The van der Waals surface area contributed by atoms with Gasteiger partial charge in [-0.1, -0.05) is 39.0 Å². The number of rotatable bonds is 5. The minimum absolute atomic E-state index is 0.0506. The second kappa shape index (κ2) is 7.08. The van der Waals surface area contributed by atoms with Gasteiger partial charge in [-0.2, -0.15) is 0 Å². The number of esters is 1. The van der Waals surface area contributed by atoms with Gasteiger partial charge in [0, 0.05) is 12.1 Å². The summed E-state index contributed by atoms with van der Waals surface area (Å²) >= 11 is 0. The van der Waals surface area contributed by atoms with Gasteiger partial charge in [0.1, 0.15) is 0 Å². The van der Waals surface area contributed by atoms with E-state index in [9.17, 15) is 9.59 Å². The van der Waals surface area contributed by atoms with Gasteiger partial charge in [0.05, 0.1) is 13.0 Å². The molecule has 0 heterocycles. The smallest absolute Gasteiger partial charge is 0.306 e. The molecule has 0 atom stereocenters. The normalized spacial score (nSPS) is 11.0. The van der Waals surface area contributed by atoms with Gasteiger partial charge in [-0.25, -0.2) is 0 Å². The number of carbonyl (C=O) groups is 2. The van der Waals surface area contributed by atoms with Gasteiger partial charge < -0.3 is 10.1 Å². The zero-order chi connectivity index (χ0) is 15.2. The highest BCUT2D eigenvalue weighted by molar-refractivity contribution is 5.93. The molecule has 0 spiro atoms. The van der Waals surface area contributed by atoms with Crippen molar-refractivity contribution in [2.75, 3.05) is 11.9 Å². The monoisotopic (exact) mass is 277 g/mol. The lowest BCUT2D eigenvalue weighted by molar-refractivity contribution is -0.144. The molecule has 0 saturated heterocycles. The number of ether oxygens (including phenoxy) is 1. The second-order valence-corrected chi connectivity index (χ2v) is 5.65. The molecule has 0 aromatic heterocycles. The van der Waals surface area contributed by atoms with Crippen LogP contribution in [0.4, 0.5) is 5.69 Å². The van der Waals surface area contributed by atoms with Crippen molar-refractivity contribution in [3.05, 3.63) is 29.8 Å².